The molecule has 172 valence electrons. The van der Waals surface area contributed by atoms with Crippen molar-refractivity contribution in [3.8, 4) is 0 Å². The Kier molecular flexibility index (Phi) is 8.06. The van der Waals surface area contributed by atoms with E-state index in [1.165, 1.54) is 5.56 Å². The minimum atomic E-state index is -0.365. The molecule has 1 amide bonds. The van der Waals surface area contributed by atoms with Gasteiger partial charge in [0, 0.05) is 26.2 Å². The summed E-state index contributed by atoms with van der Waals surface area (Å²) in [6, 6.07) is 23.7. The third kappa shape index (κ3) is 7.14. The molecule has 2 N–H and O–H groups in total. The Morgan fingerprint density at radius 2 is 1.64 bits per heavy atom. The van der Waals surface area contributed by atoms with E-state index >= 15 is 0 Å². The monoisotopic (exact) mass is 444 g/mol. The minimum absolute atomic E-state index is 0.0461. The first-order valence-corrected chi connectivity index (χ1v) is 11.6. The van der Waals surface area contributed by atoms with Gasteiger partial charge < -0.3 is 15.3 Å². The summed E-state index contributed by atoms with van der Waals surface area (Å²) in [6.45, 7) is 4.34. The van der Waals surface area contributed by atoms with Crippen molar-refractivity contribution in [1.29, 1.82) is 0 Å². The molecule has 1 atom stereocenters. The minimum Gasteiger partial charge on any atom is -0.391 e. The van der Waals surface area contributed by atoms with Crippen LogP contribution in [0.1, 0.15) is 17.5 Å². The van der Waals surface area contributed by atoms with Gasteiger partial charge in [0.2, 0.25) is 5.91 Å². The third-order valence-electron chi connectivity index (χ3n) is 5.93. The molecule has 1 fully saturated rings. The topological polar surface area (TPSA) is 68.7 Å². The Bertz CT molecular complexity index is 996. The van der Waals surface area contributed by atoms with E-state index in [1.807, 2.05) is 60.7 Å². The molecule has 2 aromatic carbocycles. The SMILES string of the molecule is O=C(Cc1ccccc1)Nc1ccc(N2CCCN(CC(O)Cc3ccccc3)CC2)nc1. The number of amides is 1. The summed E-state index contributed by atoms with van der Waals surface area (Å²) in [7, 11) is 0. The summed E-state index contributed by atoms with van der Waals surface area (Å²) in [4.78, 5) is 21.5. The van der Waals surface area contributed by atoms with Crippen LogP contribution in [-0.2, 0) is 17.6 Å². The molecule has 1 unspecified atom stereocenters. The molecule has 0 aliphatic carbocycles. The molecule has 0 saturated carbocycles. The third-order valence-corrected chi connectivity index (χ3v) is 5.93. The number of nitrogens with zero attached hydrogens (tertiary/aromatic N) is 3. The van der Waals surface area contributed by atoms with Crippen molar-refractivity contribution in [2.24, 2.45) is 0 Å². The van der Waals surface area contributed by atoms with Crippen LogP contribution in [0, 0.1) is 0 Å². The van der Waals surface area contributed by atoms with Crippen LogP contribution in [-0.4, -0.2) is 59.7 Å². The number of carbonyl (C=O) groups excluding carboxylic acids is 1. The lowest BCUT2D eigenvalue weighted by Gasteiger charge is -2.24. The molecule has 1 aliphatic rings. The zero-order valence-corrected chi connectivity index (χ0v) is 18.9. The van der Waals surface area contributed by atoms with E-state index in [2.05, 4.69) is 32.2 Å². The van der Waals surface area contributed by atoms with Crippen molar-refractivity contribution >= 4 is 17.4 Å². The zero-order valence-electron chi connectivity index (χ0n) is 18.9. The Morgan fingerprint density at radius 3 is 2.33 bits per heavy atom. The Morgan fingerprint density at radius 1 is 0.909 bits per heavy atom. The normalized spacial score (nSPS) is 15.6. The number of aliphatic hydroxyl groups is 1. The second kappa shape index (κ2) is 11.6. The molecule has 33 heavy (non-hydrogen) atoms. The van der Waals surface area contributed by atoms with E-state index in [-0.39, 0.29) is 12.0 Å². The molecule has 3 aromatic rings. The fourth-order valence-electron chi connectivity index (χ4n) is 4.26. The first-order chi connectivity index (χ1) is 16.2. The molecule has 0 bridgehead atoms. The van der Waals surface area contributed by atoms with Crippen molar-refractivity contribution in [3.05, 3.63) is 90.1 Å². The maximum Gasteiger partial charge on any atom is 0.228 e. The first kappa shape index (κ1) is 23.0. The molecule has 1 saturated heterocycles. The molecule has 6 nitrogen and oxygen atoms in total. The van der Waals surface area contributed by atoms with E-state index in [0.717, 1.165) is 44.0 Å². The molecule has 4 rings (SSSR count). The Labute approximate surface area is 195 Å². The summed E-state index contributed by atoms with van der Waals surface area (Å²) in [6.07, 6.45) is 3.41. The van der Waals surface area contributed by atoms with Gasteiger partial charge in [0.05, 0.1) is 24.4 Å². The predicted molar refractivity (Wildman–Crippen MR) is 132 cm³/mol. The van der Waals surface area contributed by atoms with E-state index in [4.69, 9.17) is 0 Å². The van der Waals surface area contributed by atoms with Crippen molar-refractivity contribution in [3.63, 3.8) is 0 Å². The number of rotatable bonds is 8. The van der Waals surface area contributed by atoms with E-state index in [1.54, 1.807) is 6.20 Å². The van der Waals surface area contributed by atoms with Crippen LogP contribution in [0.25, 0.3) is 0 Å². The van der Waals surface area contributed by atoms with E-state index in [0.29, 0.717) is 25.1 Å². The number of benzene rings is 2. The number of nitrogens with one attached hydrogen (secondary N) is 1. The van der Waals surface area contributed by atoms with Gasteiger partial charge in [0.15, 0.2) is 0 Å². The van der Waals surface area contributed by atoms with Gasteiger partial charge in [-0.2, -0.15) is 0 Å². The Hall–Kier alpha value is -3.22. The van der Waals surface area contributed by atoms with Crippen molar-refractivity contribution < 1.29 is 9.90 Å². The average molecular weight is 445 g/mol. The number of pyridine rings is 1. The van der Waals surface area contributed by atoms with Crippen LogP contribution in [0.3, 0.4) is 0 Å². The van der Waals surface area contributed by atoms with Gasteiger partial charge in [0.25, 0.3) is 0 Å². The van der Waals surface area contributed by atoms with Crippen LogP contribution in [0.2, 0.25) is 0 Å². The number of hydrogen-bond acceptors (Lipinski definition) is 5. The molecular weight excluding hydrogens is 412 g/mol. The molecule has 0 radical (unpaired) electrons. The second-order valence-corrected chi connectivity index (χ2v) is 8.60. The van der Waals surface area contributed by atoms with Crippen molar-refractivity contribution in [1.82, 2.24) is 9.88 Å². The van der Waals surface area contributed by atoms with Crippen LogP contribution < -0.4 is 10.2 Å². The number of β-amino-alcohol motifs (C(OH)–C–C–N with tert-alkyl or cyclic N) is 1. The average Bonchev–Trinajstić information content (AvgIpc) is 3.06. The van der Waals surface area contributed by atoms with Crippen molar-refractivity contribution in [2.75, 3.05) is 42.9 Å². The highest BCUT2D eigenvalue weighted by Gasteiger charge is 2.18. The highest BCUT2D eigenvalue weighted by Crippen LogP contribution is 2.17. The largest absolute Gasteiger partial charge is 0.391 e. The number of anilines is 2. The predicted octanol–water partition coefficient (Wildman–Crippen LogP) is 3.38. The molecular formula is C27H32N4O2. The maximum atomic E-state index is 12.3. The van der Waals surface area contributed by atoms with E-state index in [9.17, 15) is 9.90 Å². The summed E-state index contributed by atoms with van der Waals surface area (Å²) >= 11 is 0. The molecule has 1 aromatic heterocycles. The summed E-state index contributed by atoms with van der Waals surface area (Å²) in [5.74, 6) is 0.873. The molecule has 0 spiro atoms. The lowest BCUT2D eigenvalue weighted by Crippen LogP contribution is -2.36. The number of carbonyl (C=O) groups is 1. The van der Waals surface area contributed by atoms with Gasteiger partial charge in [-0.3, -0.25) is 9.69 Å². The standard InChI is InChI=1S/C27H32N4O2/c32-25(18-22-8-3-1-4-9-22)21-30-14-7-15-31(17-16-30)26-13-12-24(20-28-26)29-27(33)19-23-10-5-2-6-11-23/h1-6,8-13,20,25,32H,7,14-19,21H2,(H,29,33). The van der Waals surface area contributed by atoms with Crippen LogP contribution in [0.15, 0.2) is 79.0 Å². The molecule has 1 aliphatic heterocycles. The number of aliphatic hydroxyl groups excluding tert-OH is 1. The fourth-order valence-corrected chi connectivity index (χ4v) is 4.26. The van der Waals surface area contributed by atoms with Crippen LogP contribution in [0.4, 0.5) is 11.5 Å². The van der Waals surface area contributed by atoms with E-state index < -0.39 is 0 Å². The summed E-state index contributed by atoms with van der Waals surface area (Å²) < 4.78 is 0. The van der Waals surface area contributed by atoms with Crippen LogP contribution in [0.5, 0.6) is 0 Å². The van der Waals surface area contributed by atoms with Gasteiger partial charge in [-0.1, -0.05) is 60.7 Å². The zero-order chi connectivity index (χ0) is 22.9. The second-order valence-electron chi connectivity index (χ2n) is 8.60. The first-order valence-electron chi connectivity index (χ1n) is 11.6. The summed E-state index contributed by atoms with van der Waals surface area (Å²) in [5, 5.41) is 13.4. The smallest absolute Gasteiger partial charge is 0.228 e. The van der Waals surface area contributed by atoms with Crippen molar-refractivity contribution in [2.45, 2.75) is 25.4 Å². The molecule has 2 heterocycles. The molecule has 6 heteroatoms. The number of hydrogen-bond donors (Lipinski definition) is 2. The van der Waals surface area contributed by atoms with Gasteiger partial charge in [0.1, 0.15) is 5.82 Å². The van der Waals surface area contributed by atoms with Gasteiger partial charge >= 0.3 is 0 Å². The lowest BCUT2D eigenvalue weighted by atomic mass is 10.1. The Balaban J connectivity index is 1.25. The summed E-state index contributed by atoms with van der Waals surface area (Å²) in [5.41, 5.74) is 2.87. The highest BCUT2D eigenvalue weighted by molar-refractivity contribution is 5.92. The van der Waals surface area contributed by atoms with Gasteiger partial charge in [-0.25, -0.2) is 4.98 Å². The maximum absolute atomic E-state index is 12.3. The fraction of sp³-hybridized carbons (Fsp3) is 0.333. The quantitative estimate of drug-likeness (QED) is 0.558. The van der Waals surface area contributed by atoms with Gasteiger partial charge in [-0.15, -0.1) is 0 Å². The highest BCUT2D eigenvalue weighted by atomic mass is 16.3. The number of aromatic nitrogens is 1. The van der Waals surface area contributed by atoms with Gasteiger partial charge in [-0.05, 0) is 42.6 Å². The van der Waals surface area contributed by atoms with Crippen LogP contribution >= 0.6 is 0 Å². The lowest BCUT2D eigenvalue weighted by molar-refractivity contribution is -0.115.